The third kappa shape index (κ3) is 5.54. The average molecular weight is 362 g/mol. The van der Waals surface area contributed by atoms with Crippen LogP contribution < -0.4 is 10.1 Å². The van der Waals surface area contributed by atoms with Gasteiger partial charge in [-0.2, -0.15) is 0 Å². The number of hydrogen-bond acceptors (Lipinski definition) is 3. The largest absolute Gasteiger partial charge is 0.494 e. The maximum Gasteiger partial charge on any atom is 0.251 e. The van der Waals surface area contributed by atoms with Crippen molar-refractivity contribution < 1.29 is 23.1 Å². The number of ether oxygens (including phenoxy) is 1. The molecular formula is C19H20F2N2O3. The quantitative estimate of drug-likeness (QED) is 0.824. The third-order valence-electron chi connectivity index (χ3n) is 3.60. The molecule has 0 bridgehead atoms. The lowest BCUT2D eigenvalue weighted by atomic mass is 10.2. The summed E-state index contributed by atoms with van der Waals surface area (Å²) in [5.41, 5.74) is 0.729. The fourth-order valence-electron chi connectivity index (χ4n) is 2.30. The molecule has 0 aliphatic heterocycles. The third-order valence-corrected chi connectivity index (χ3v) is 3.60. The van der Waals surface area contributed by atoms with Gasteiger partial charge in [0.05, 0.1) is 13.2 Å². The predicted molar refractivity (Wildman–Crippen MR) is 92.8 cm³/mol. The number of nitrogens with one attached hydrogen (secondary N) is 1. The SMILES string of the molecule is CCOc1ccc(CN(C)C(=O)CNC(=O)c2cc(F)cc(F)c2)cc1. The standard InChI is InChI=1S/C19H20F2N2O3/c1-3-26-17-6-4-13(5-7-17)12-23(2)18(24)11-22-19(25)14-8-15(20)10-16(21)9-14/h4-10H,3,11-12H2,1-2H3,(H,22,25). The fourth-order valence-corrected chi connectivity index (χ4v) is 2.30. The second-order valence-electron chi connectivity index (χ2n) is 5.67. The molecule has 0 radical (unpaired) electrons. The van der Waals surface area contributed by atoms with Gasteiger partial charge in [-0.1, -0.05) is 12.1 Å². The summed E-state index contributed by atoms with van der Waals surface area (Å²) in [6.07, 6.45) is 0. The Hall–Kier alpha value is -2.96. The molecule has 0 unspecified atom stereocenters. The van der Waals surface area contributed by atoms with Gasteiger partial charge < -0.3 is 15.0 Å². The Balaban J connectivity index is 1.87. The second-order valence-corrected chi connectivity index (χ2v) is 5.67. The molecule has 138 valence electrons. The van der Waals surface area contributed by atoms with Crippen LogP contribution in [0.2, 0.25) is 0 Å². The molecule has 2 aromatic rings. The number of amides is 2. The Bertz CT molecular complexity index is 759. The van der Waals surface area contributed by atoms with E-state index in [1.54, 1.807) is 7.05 Å². The average Bonchev–Trinajstić information content (AvgIpc) is 2.60. The van der Waals surface area contributed by atoms with Crippen molar-refractivity contribution in [1.29, 1.82) is 0 Å². The van der Waals surface area contributed by atoms with Crippen LogP contribution in [0.15, 0.2) is 42.5 Å². The minimum atomic E-state index is -0.853. The minimum Gasteiger partial charge on any atom is -0.494 e. The zero-order chi connectivity index (χ0) is 19.1. The van der Waals surface area contributed by atoms with Crippen LogP contribution in [0.4, 0.5) is 8.78 Å². The first-order chi connectivity index (χ1) is 12.4. The monoisotopic (exact) mass is 362 g/mol. The Labute approximate surface area is 150 Å². The molecule has 5 nitrogen and oxygen atoms in total. The molecule has 0 atom stereocenters. The molecule has 26 heavy (non-hydrogen) atoms. The van der Waals surface area contributed by atoms with Gasteiger partial charge in [0.2, 0.25) is 5.91 Å². The fraction of sp³-hybridized carbons (Fsp3) is 0.263. The molecule has 7 heteroatoms. The maximum atomic E-state index is 13.1. The first-order valence-corrected chi connectivity index (χ1v) is 8.09. The molecule has 0 aliphatic rings. The zero-order valence-corrected chi connectivity index (χ0v) is 14.6. The molecule has 2 rings (SSSR count). The van der Waals surface area contributed by atoms with Crippen LogP contribution in [0.1, 0.15) is 22.8 Å². The van der Waals surface area contributed by atoms with E-state index in [0.717, 1.165) is 23.4 Å². The number of nitrogens with zero attached hydrogens (tertiary/aromatic N) is 1. The van der Waals surface area contributed by atoms with Crippen LogP contribution in [0.25, 0.3) is 0 Å². The minimum absolute atomic E-state index is 0.176. The molecular weight excluding hydrogens is 342 g/mol. The molecule has 0 aromatic heterocycles. The Morgan fingerprint density at radius 2 is 1.69 bits per heavy atom. The number of carbonyl (C=O) groups excluding carboxylic acids is 2. The van der Waals surface area contributed by atoms with Gasteiger partial charge in [-0.3, -0.25) is 9.59 Å². The normalized spacial score (nSPS) is 10.3. The van der Waals surface area contributed by atoms with Gasteiger partial charge in [-0.25, -0.2) is 8.78 Å². The van der Waals surface area contributed by atoms with Crippen LogP contribution in [-0.2, 0) is 11.3 Å². The number of rotatable bonds is 7. The van der Waals surface area contributed by atoms with Crippen LogP contribution in [0, 0.1) is 11.6 Å². The molecule has 1 N–H and O–H groups in total. The van der Waals surface area contributed by atoms with Gasteiger partial charge in [-0.05, 0) is 36.8 Å². The van der Waals surface area contributed by atoms with E-state index in [-0.39, 0.29) is 18.0 Å². The highest BCUT2D eigenvalue weighted by Crippen LogP contribution is 2.13. The molecule has 0 aliphatic carbocycles. The van der Waals surface area contributed by atoms with Crippen LogP contribution in [-0.4, -0.2) is 36.9 Å². The molecule has 0 saturated carbocycles. The number of likely N-dealkylation sites (N-methyl/N-ethyl adjacent to an activating group) is 1. The summed E-state index contributed by atoms with van der Waals surface area (Å²) in [6, 6.07) is 9.83. The number of halogens is 2. The van der Waals surface area contributed by atoms with Crippen molar-refractivity contribution in [2.75, 3.05) is 20.2 Å². The van der Waals surface area contributed by atoms with Crippen molar-refractivity contribution in [3.8, 4) is 5.75 Å². The van der Waals surface area contributed by atoms with Gasteiger partial charge in [-0.15, -0.1) is 0 Å². The molecule has 2 aromatic carbocycles. The van der Waals surface area contributed by atoms with Crippen LogP contribution in [0.5, 0.6) is 5.75 Å². The number of benzene rings is 2. The summed E-state index contributed by atoms with van der Waals surface area (Å²) in [4.78, 5) is 25.5. The van der Waals surface area contributed by atoms with Gasteiger partial charge in [0.25, 0.3) is 5.91 Å². The van der Waals surface area contributed by atoms with Crippen molar-refractivity contribution in [2.24, 2.45) is 0 Å². The molecule has 0 spiro atoms. The van der Waals surface area contributed by atoms with E-state index in [1.165, 1.54) is 4.90 Å². The van der Waals surface area contributed by atoms with Crippen molar-refractivity contribution >= 4 is 11.8 Å². The lowest BCUT2D eigenvalue weighted by molar-refractivity contribution is -0.129. The van der Waals surface area contributed by atoms with Crippen molar-refractivity contribution in [3.63, 3.8) is 0 Å². The zero-order valence-electron chi connectivity index (χ0n) is 14.6. The van der Waals surface area contributed by atoms with Gasteiger partial charge in [0.15, 0.2) is 0 Å². The van der Waals surface area contributed by atoms with E-state index in [9.17, 15) is 18.4 Å². The Morgan fingerprint density at radius 1 is 1.08 bits per heavy atom. The van der Waals surface area contributed by atoms with E-state index in [2.05, 4.69) is 5.32 Å². The van der Waals surface area contributed by atoms with Crippen LogP contribution in [0.3, 0.4) is 0 Å². The van der Waals surface area contributed by atoms with E-state index in [1.807, 2.05) is 31.2 Å². The molecule has 0 fully saturated rings. The number of carbonyl (C=O) groups is 2. The van der Waals surface area contributed by atoms with E-state index < -0.39 is 17.5 Å². The van der Waals surface area contributed by atoms with Crippen molar-refractivity contribution in [2.45, 2.75) is 13.5 Å². The first-order valence-electron chi connectivity index (χ1n) is 8.09. The molecule has 0 saturated heterocycles. The van der Waals surface area contributed by atoms with E-state index in [0.29, 0.717) is 19.2 Å². The van der Waals surface area contributed by atoms with E-state index in [4.69, 9.17) is 4.74 Å². The van der Waals surface area contributed by atoms with E-state index >= 15 is 0 Å². The van der Waals surface area contributed by atoms with Crippen molar-refractivity contribution in [3.05, 3.63) is 65.2 Å². The molecule has 2 amide bonds. The summed E-state index contributed by atoms with van der Waals surface area (Å²) < 4.78 is 31.6. The summed E-state index contributed by atoms with van der Waals surface area (Å²) in [7, 11) is 1.60. The smallest absolute Gasteiger partial charge is 0.251 e. The van der Waals surface area contributed by atoms with Gasteiger partial charge in [0, 0.05) is 25.2 Å². The lowest BCUT2D eigenvalue weighted by Gasteiger charge is -2.18. The maximum absolute atomic E-state index is 13.1. The summed E-state index contributed by atoms with van der Waals surface area (Å²) >= 11 is 0. The Morgan fingerprint density at radius 3 is 2.27 bits per heavy atom. The topological polar surface area (TPSA) is 58.6 Å². The highest BCUT2D eigenvalue weighted by molar-refractivity contribution is 5.96. The highest BCUT2D eigenvalue weighted by atomic mass is 19.1. The summed E-state index contributed by atoms with van der Waals surface area (Å²) in [5.74, 6) is -2.00. The second kappa shape index (κ2) is 8.94. The highest BCUT2D eigenvalue weighted by Gasteiger charge is 2.13. The summed E-state index contributed by atoms with van der Waals surface area (Å²) in [6.45, 7) is 2.56. The molecule has 0 heterocycles. The first kappa shape index (κ1) is 19.4. The van der Waals surface area contributed by atoms with Gasteiger partial charge >= 0.3 is 0 Å². The number of hydrogen-bond donors (Lipinski definition) is 1. The summed E-state index contributed by atoms with van der Waals surface area (Å²) in [5, 5.41) is 2.36. The lowest BCUT2D eigenvalue weighted by Crippen LogP contribution is -2.37. The predicted octanol–water partition coefficient (Wildman–Crippen LogP) is 2.75. The van der Waals surface area contributed by atoms with Crippen molar-refractivity contribution in [1.82, 2.24) is 10.2 Å². The Kier molecular flexibility index (Phi) is 6.66. The van der Waals surface area contributed by atoms with Crippen LogP contribution >= 0.6 is 0 Å². The van der Waals surface area contributed by atoms with Gasteiger partial charge in [0.1, 0.15) is 17.4 Å².